The summed E-state index contributed by atoms with van der Waals surface area (Å²) in [5, 5.41) is 14.9. The van der Waals surface area contributed by atoms with E-state index in [2.05, 4.69) is 10.6 Å². The molecule has 0 spiro atoms. The van der Waals surface area contributed by atoms with Gasteiger partial charge in [0, 0.05) is 5.69 Å². The third-order valence-electron chi connectivity index (χ3n) is 4.18. The van der Waals surface area contributed by atoms with Crippen LogP contribution in [0.2, 0.25) is 5.02 Å². The van der Waals surface area contributed by atoms with Crippen LogP contribution in [0.4, 0.5) is 15.8 Å². The standard InChI is InChI=1S/C24H17ClFN3O3/c25-21-3-1-2-4-22(21)29-23(30)15-32-20-11-5-16(6-12-20)13-17(14-27)24(31)28-19-9-7-18(26)8-10-19/h1-13H,15H2,(H,28,31)(H,29,30)/b17-13+. The Hall–Kier alpha value is -4.15. The van der Waals surface area contributed by atoms with Crippen molar-refractivity contribution in [2.75, 3.05) is 17.2 Å². The van der Waals surface area contributed by atoms with E-state index in [-0.39, 0.29) is 18.1 Å². The van der Waals surface area contributed by atoms with Gasteiger partial charge in [-0.2, -0.15) is 5.26 Å². The molecule has 0 heterocycles. The van der Waals surface area contributed by atoms with Gasteiger partial charge in [0.05, 0.1) is 10.7 Å². The predicted octanol–water partition coefficient (Wildman–Crippen LogP) is 5.04. The van der Waals surface area contributed by atoms with E-state index in [1.54, 1.807) is 48.5 Å². The summed E-state index contributed by atoms with van der Waals surface area (Å²) in [6, 6.07) is 20.4. The van der Waals surface area contributed by atoms with Gasteiger partial charge in [-0.1, -0.05) is 35.9 Å². The normalized spacial score (nSPS) is 10.7. The van der Waals surface area contributed by atoms with Crippen molar-refractivity contribution < 1.29 is 18.7 Å². The zero-order chi connectivity index (χ0) is 22.9. The lowest BCUT2D eigenvalue weighted by atomic mass is 10.1. The van der Waals surface area contributed by atoms with Crippen molar-refractivity contribution in [3.63, 3.8) is 0 Å². The van der Waals surface area contributed by atoms with E-state index >= 15 is 0 Å². The molecule has 0 aliphatic rings. The first-order valence-electron chi connectivity index (χ1n) is 9.40. The van der Waals surface area contributed by atoms with Crippen molar-refractivity contribution in [3.8, 4) is 11.8 Å². The van der Waals surface area contributed by atoms with Crippen molar-refractivity contribution in [2.24, 2.45) is 0 Å². The molecular weight excluding hydrogens is 433 g/mol. The van der Waals surface area contributed by atoms with Gasteiger partial charge in [-0.05, 0) is 60.2 Å². The third-order valence-corrected chi connectivity index (χ3v) is 4.51. The predicted molar refractivity (Wildman–Crippen MR) is 121 cm³/mol. The number of para-hydroxylation sites is 1. The minimum atomic E-state index is -0.615. The summed E-state index contributed by atoms with van der Waals surface area (Å²) in [5.74, 6) is -0.976. The van der Waals surface area contributed by atoms with Crippen LogP contribution < -0.4 is 15.4 Å². The van der Waals surface area contributed by atoms with E-state index in [4.69, 9.17) is 16.3 Å². The first-order valence-corrected chi connectivity index (χ1v) is 9.78. The molecule has 0 unspecified atom stereocenters. The number of hydrogen-bond donors (Lipinski definition) is 2. The lowest BCUT2D eigenvalue weighted by Gasteiger charge is -2.09. The van der Waals surface area contributed by atoms with E-state index in [1.807, 2.05) is 6.07 Å². The van der Waals surface area contributed by atoms with E-state index in [1.165, 1.54) is 30.3 Å². The minimum absolute atomic E-state index is 0.123. The minimum Gasteiger partial charge on any atom is -0.484 e. The Bertz CT molecular complexity index is 1190. The Morgan fingerprint density at radius 1 is 1.00 bits per heavy atom. The molecule has 0 bridgehead atoms. The number of nitrogens with one attached hydrogen (secondary N) is 2. The fourth-order valence-corrected chi connectivity index (χ4v) is 2.79. The summed E-state index contributed by atoms with van der Waals surface area (Å²) in [5.41, 5.74) is 1.33. The molecule has 0 atom stereocenters. The maximum atomic E-state index is 13.0. The first kappa shape index (κ1) is 22.5. The van der Waals surface area contributed by atoms with Crippen LogP contribution in [-0.2, 0) is 9.59 Å². The SMILES string of the molecule is N#C/C(=C\c1ccc(OCC(=O)Nc2ccccc2Cl)cc1)C(=O)Nc1ccc(F)cc1. The number of carbonyl (C=O) groups excluding carboxylic acids is 2. The summed E-state index contributed by atoms with van der Waals surface area (Å²) in [7, 11) is 0. The fraction of sp³-hybridized carbons (Fsp3) is 0.0417. The Morgan fingerprint density at radius 3 is 2.34 bits per heavy atom. The van der Waals surface area contributed by atoms with Crippen LogP contribution in [0.15, 0.2) is 78.4 Å². The summed E-state index contributed by atoms with van der Waals surface area (Å²) in [4.78, 5) is 24.3. The van der Waals surface area contributed by atoms with Crippen molar-refractivity contribution in [1.29, 1.82) is 5.26 Å². The molecule has 3 aromatic carbocycles. The van der Waals surface area contributed by atoms with Crippen LogP contribution in [0.25, 0.3) is 6.08 Å². The van der Waals surface area contributed by atoms with Crippen LogP contribution in [0.5, 0.6) is 5.75 Å². The second-order valence-corrected chi connectivity index (χ2v) is 6.92. The zero-order valence-corrected chi connectivity index (χ0v) is 17.4. The summed E-state index contributed by atoms with van der Waals surface area (Å²) < 4.78 is 18.4. The maximum Gasteiger partial charge on any atom is 0.266 e. The fourth-order valence-electron chi connectivity index (χ4n) is 2.60. The Balaban J connectivity index is 1.57. The first-order chi connectivity index (χ1) is 15.4. The number of nitrogens with zero attached hydrogens (tertiary/aromatic N) is 1. The summed E-state index contributed by atoms with van der Waals surface area (Å²) in [6.07, 6.45) is 1.41. The maximum absolute atomic E-state index is 13.0. The van der Waals surface area contributed by atoms with Crippen molar-refractivity contribution >= 4 is 40.9 Å². The van der Waals surface area contributed by atoms with Gasteiger partial charge in [-0.15, -0.1) is 0 Å². The number of rotatable bonds is 7. The largest absolute Gasteiger partial charge is 0.484 e. The average Bonchev–Trinajstić information content (AvgIpc) is 2.80. The highest BCUT2D eigenvalue weighted by atomic mass is 35.5. The highest BCUT2D eigenvalue weighted by Crippen LogP contribution is 2.20. The molecule has 0 saturated heterocycles. The Morgan fingerprint density at radius 2 is 1.69 bits per heavy atom. The number of benzene rings is 3. The molecule has 0 aromatic heterocycles. The van der Waals surface area contributed by atoms with Crippen LogP contribution in [-0.4, -0.2) is 18.4 Å². The summed E-state index contributed by atoms with van der Waals surface area (Å²) in [6.45, 7) is -0.218. The van der Waals surface area contributed by atoms with Crippen molar-refractivity contribution in [3.05, 3.63) is 94.8 Å². The number of nitriles is 1. The monoisotopic (exact) mass is 449 g/mol. The Labute approximate surface area is 188 Å². The van der Waals surface area contributed by atoms with E-state index in [0.29, 0.717) is 27.7 Å². The van der Waals surface area contributed by atoms with Gasteiger partial charge in [0.15, 0.2) is 6.61 Å². The molecule has 3 aromatic rings. The molecule has 3 rings (SSSR count). The number of hydrogen-bond acceptors (Lipinski definition) is 4. The van der Waals surface area contributed by atoms with E-state index in [9.17, 15) is 19.2 Å². The van der Waals surface area contributed by atoms with Gasteiger partial charge < -0.3 is 15.4 Å². The van der Waals surface area contributed by atoms with Crippen LogP contribution >= 0.6 is 11.6 Å². The Kier molecular flexibility index (Phi) is 7.57. The molecule has 0 fully saturated rings. The van der Waals surface area contributed by atoms with Crippen LogP contribution in [0.1, 0.15) is 5.56 Å². The molecule has 0 aliphatic carbocycles. The molecule has 32 heavy (non-hydrogen) atoms. The molecule has 2 N–H and O–H groups in total. The topological polar surface area (TPSA) is 91.2 Å². The smallest absolute Gasteiger partial charge is 0.266 e. The molecule has 0 aliphatic heterocycles. The molecule has 0 saturated carbocycles. The van der Waals surface area contributed by atoms with Gasteiger partial charge in [-0.25, -0.2) is 4.39 Å². The lowest BCUT2D eigenvalue weighted by molar-refractivity contribution is -0.118. The molecule has 0 radical (unpaired) electrons. The molecule has 160 valence electrons. The zero-order valence-electron chi connectivity index (χ0n) is 16.6. The molecule has 8 heteroatoms. The quantitative estimate of drug-likeness (QED) is 0.390. The number of anilines is 2. The van der Waals surface area contributed by atoms with Crippen molar-refractivity contribution in [2.45, 2.75) is 0 Å². The van der Waals surface area contributed by atoms with E-state index < -0.39 is 11.7 Å². The van der Waals surface area contributed by atoms with E-state index in [0.717, 1.165) is 0 Å². The number of amides is 2. The highest BCUT2D eigenvalue weighted by molar-refractivity contribution is 6.33. The summed E-state index contributed by atoms with van der Waals surface area (Å²) >= 11 is 6.00. The second kappa shape index (κ2) is 10.8. The number of carbonyl (C=O) groups is 2. The van der Waals surface area contributed by atoms with Gasteiger partial charge in [0.2, 0.25) is 0 Å². The van der Waals surface area contributed by atoms with Crippen molar-refractivity contribution in [1.82, 2.24) is 0 Å². The highest BCUT2D eigenvalue weighted by Gasteiger charge is 2.10. The molecule has 2 amide bonds. The number of halogens is 2. The average molecular weight is 450 g/mol. The van der Waals surface area contributed by atoms with Gasteiger partial charge >= 0.3 is 0 Å². The second-order valence-electron chi connectivity index (χ2n) is 6.52. The van der Waals surface area contributed by atoms with Gasteiger partial charge in [-0.3, -0.25) is 9.59 Å². The van der Waals surface area contributed by atoms with Gasteiger partial charge in [0.25, 0.3) is 11.8 Å². The van der Waals surface area contributed by atoms with Gasteiger partial charge in [0.1, 0.15) is 23.2 Å². The lowest BCUT2D eigenvalue weighted by Crippen LogP contribution is -2.20. The van der Waals surface area contributed by atoms with Crippen LogP contribution in [0, 0.1) is 17.1 Å². The molecular formula is C24H17ClFN3O3. The number of ether oxygens (including phenoxy) is 1. The van der Waals surface area contributed by atoms with Crippen LogP contribution in [0.3, 0.4) is 0 Å². The molecule has 6 nitrogen and oxygen atoms in total. The third kappa shape index (κ3) is 6.42.